The molecule has 0 amide bonds. The molecule has 1 N–H and O–H groups in total. The van der Waals surface area contributed by atoms with Crippen LogP contribution < -0.4 is 5.32 Å². The second-order valence-electron chi connectivity index (χ2n) is 5.18. The molecule has 0 aliphatic heterocycles. The first kappa shape index (κ1) is 13.6. The summed E-state index contributed by atoms with van der Waals surface area (Å²) in [6.07, 6.45) is 8.09. The molecular formula is C16H25NO. The summed E-state index contributed by atoms with van der Waals surface area (Å²) in [6.45, 7) is 2.69. The van der Waals surface area contributed by atoms with Gasteiger partial charge in [-0.3, -0.25) is 0 Å². The molecule has 1 aromatic carbocycles. The standard InChI is InChI=1S/C16H25NO/c1-3-8-15(9-4-1)14-18-13-7-12-17-16-10-5-2-6-11-16/h1,3-4,8-9,16-17H,2,5-7,10-14H2. The highest BCUT2D eigenvalue weighted by Crippen LogP contribution is 2.17. The SMILES string of the molecule is c1ccc(COCCCNC2CCCCC2)cc1. The lowest BCUT2D eigenvalue weighted by Gasteiger charge is -2.22. The Morgan fingerprint density at radius 1 is 1.06 bits per heavy atom. The van der Waals surface area contributed by atoms with E-state index in [1.807, 2.05) is 6.07 Å². The molecule has 2 rings (SSSR count). The van der Waals surface area contributed by atoms with Gasteiger partial charge in [0, 0.05) is 12.6 Å². The molecule has 0 radical (unpaired) electrons. The maximum Gasteiger partial charge on any atom is 0.0716 e. The summed E-state index contributed by atoms with van der Waals surface area (Å²) in [6, 6.07) is 11.2. The van der Waals surface area contributed by atoms with Crippen molar-refractivity contribution >= 4 is 0 Å². The number of ether oxygens (including phenoxy) is 1. The Bertz CT molecular complexity index is 306. The van der Waals surface area contributed by atoms with Crippen LogP contribution in [0.25, 0.3) is 0 Å². The predicted octanol–water partition coefficient (Wildman–Crippen LogP) is 3.52. The van der Waals surface area contributed by atoms with Crippen molar-refractivity contribution in [2.45, 2.75) is 51.2 Å². The van der Waals surface area contributed by atoms with Crippen molar-refractivity contribution < 1.29 is 4.74 Å². The summed E-state index contributed by atoms with van der Waals surface area (Å²) >= 11 is 0. The minimum Gasteiger partial charge on any atom is -0.377 e. The Morgan fingerprint density at radius 2 is 1.83 bits per heavy atom. The Labute approximate surface area is 111 Å². The smallest absolute Gasteiger partial charge is 0.0716 e. The zero-order chi connectivity index (χ0) is 12.5. The van der Waals surface area contributed by atoms with E-state index in [1.54, 1.807) is 0 Å². The fourth-order valence-corrected chi connectivity index (χ4v) is 2.55. The maximum absolute atomic E-state index is 5.67. The van der Waals surface area contributed by atoms with Gasteiger partial charge in [0.25, 0.3) is 0 Å². The molecule has 1 saturated carbocycles. The normalized spacial score (nSPS) is 16.9. The molecule has 0 saturated heterocycles. The average molecular weight is 247 g/mol. The van der Waals surface area contributed by atoms with Gasteiger partial charge in [-0.1, -0.05) is 49.6 Å². The van der Waals surface area contributed by atoms with E-state index in [2.05, 4.69) is 29.6 Å². The van der Waals surface area contributed by atoms with Crippen LogP contribution in [0.2, 0.25) is 0 Å². The van der Waals surface area contributed by atoms with Gasteiger partial charge in [-0.05, 0) is 31.4 Å². The number of benzene rings is 1. The van der Waals surface area contributed by atoms with Gasteiger partial charge < -0.3 is 10.1 Å². The molecule has 2 heteroatoms. The zero-order valence-electron chi connectivity index (χ0n) is 11.2. The highest BCUT2D eigenvalue weighted by Gasteiger charge is 2.11. The van der Waals surface area contributed by atoms with Crippen LogP contribution >= 0.6 is 0 Å². The first-order valence-electron chi connectivity index (χ1n) is 7.30. The Hall–Kier alpha value is -0.860. The molecule has 0 unspecified atom stereocenters. The summed E-state index contributed by atoms with van der Waals surface area (Å²) in [5, 5.41) is 3.64. The zero-order valence-corrected chi connectivity index (χ0v) is 11.2. The largest absolute Gasteiger partial charge is 0.377 e. The van der Waals surface area contributed by atoms with Gasteiger partial charge in [-0.15, -0.1) is 0 Å². The molecule has 0 aromatic heterocycles. The van der Waals surface area contributed by atoms with Crippen LogP contribution in [0.5, 0.6) is 0 Å². The van der Waals surface area contributed by atoms with Crippen molar-refractivity contribution in [3.8, 4) is 0 Å². The molecule has 0 atom stereocenters. The van der Waals surface area contributed by atoms with Crippen LogP contribution in [-0.2, 0) is 11.3 Å². The molecule has 1 aliphatic rings. The molecule has 1 aromatic rings. The van der Waals surface area contributed by atoms with Crippen LogP contribution in [0.3, 0.4) is 0 Å². The maximum atomic E-state index is 5.67. The molecule has 1 aliphatic carbocycles. The lowest BCUT2D eigenvalue weighted by atomic mass is 9.95. The van der Waals surface area contributed by atoms with E-state index in [0.29, 0.717) is 0 Å². The number of nitrogens with one attached hydrogen (secondary N) is 1. The minimum absolute atomic E-state index is 0.740. The third-order valence-corrected chi connectivity index (χ3v) is 3.62. The van der Waals surface area contributed by atoms with Crippen molar-refractivity contribution in [2.75, 3.05) is 13.2 Å². The van der Waals surface area contributed by atoms with E-state index in [-0.39, 0.29) is 0 Å². The van der Waals surface area contributed by atoms with E-state index in [0.717, 1.165) is 32.2 Å². The Kier molecular flexibility index (Phi) is 6.24. The topological polar surface area (TPSA) is 21.3 Å². The highest BCUT2D eigenvalue weighted by atomic mass is 16.5. The van der Waals surface area contributed by atoms with Gasteiger partial charge in [0.1, 0.15) is 0 Å². The molecule has 2 nitrogen and oxygen atoms in total. The Balaban J connectivity index is 1.46. The van der Waals surface area contributed by atoms with E-state index < -0.39 is 0 Å². The molecule has 18 heavy (non-hydrogen) atoms. The summed E-state index contributed by atoms with van der Waals surface area (Å²) in [5.41, 5.74) is 1.26. The Morgan fingerprint density at radius 3 is 2.61 bits per heavy atom. The van der Waals surface area contributed by atoms with Gasteiger partial charge in [0.05, 0.1) is 6.61 Å². The summed E-state index contributed by atoms with van der Waals surface area (Å²) in [5.74, 6) is 0. The molecule has 0 spiro atoms. The summed E-state index contributed by atoms with van der Waals surface area (Å²) in [4.78, 5) is 0. The van der Waals surface area contributed by atoms with Crippen molar-refractivity contribution in [3.05, 3.63) is 35.9 Å². The quantitative estimate of drug-likeness (QED) is 0.744. The fraction of sp³-hybridized carbons (Fsp3) is 0.625. The summed E-state index contributed by atoms with van der Waals surface area (Å²) < 4.78 is 5.67. The van der Waals surface area contributed by atoms with Crippen LogP contribution in [0.1, 0.15) is 44.1 Å². The highest BCUT2D eigenvalue weighted by molar-refractivity contribution is 5.13. The second kappa shape index (κ2) is 8.28. The molecule has 100 valence electrons. The first-order chi connectivity index (χ1) is 8.95. The second-order valence-corrected chi connectivity index (χ2v) is 5.18. The monoisotopic (exact) mass is 247 g/mol. The number of hydrogen-bond donors (Lipinski definition) is 1. The average Bonchev–Trinajstić information content (AvgIpc) is 2.45. The molecule has 1 fully saturated rings. The van der Waals surface area contributed by atoms with E-state index >= 15 is 0 Å². The minimum atomic E-state index is 0.740. The van der Waals surface area contributed by atoms with Crippen LogP contribution in [0.15, 0.2) is 30.3 Å². The molecular weight excluding hydrogens is 222 g/mol. The third kappa shape index (κ3) is 5.19. The molecule has 0 heterocycles. The lowest BCUT2D eigenvalue weighted by molar-refractivity contribution is 0.117. The first-order valence-corrected chi connectivity index (χ1v) is 7.30. The van der Waals surface area contributed by atoms with Crippen LogP contribution in [0.4, 0.5) is 0 Å². The number of rotatable bonds is 7. The van der Waals surface area contributed by atoms with E-state index in [9.17, 15) is 0 Å². The van der Waals surface area contributed by atoms with E-state index in [4.69, 9.17) is 4.74 Å². The molecule has 0 bridgehead atoms. The van der Waals surface area contributed by atoms with Gasteiger partial charge in [0.15, 0.2) is 0 Å². The van der Waals surface area contributed by atoms with Gasteiger partial charge in [-0.25, -0.2) is 0 Å². The van der Waals surface area contributed by atoms with Gasteiger partial charge in [0.2, 0.25) is 0 Å². The third-order valence-electron chi connectivity index (χ3n) is 3.62. The van der Waals surface area contributed by atoms with Crippen LogP contribution in [0, 0.1) is 0 Å². The van der Waals surface area contributed by atoms with Gasteiger partial charge in [-0.2, -0.15) is 0 Å². The lowest BCUT2D eigenvalue weighted by Crippen LogP contribution is -2.32. The number of hydrogen-bond acceptors (Lipinski definition) is 2. The predicted molar refractivity (Wildman–Crippen MR) is 75.6 cm³/mol. The van der Waals surface area contributed by atoms with Crippen molar-refractivity contribution in [2.24, 2.45) is 0 Å². The van der Waals surface area contributed by atoms with Crippen LogP contribution in [-0.4, -0.2) is 19.2 Å². The van der Waals surface area contributed by atoms with E-state index in [1.165, 1.54) is 37.7 Å². The van der Waals surface area contributed by atoms with Gasteiger partial charge >= 0.3 is 0 Å². The summed E-state index contributed by atoms with van der Waals surface area (Å²) in [7, 11) is 0. The van der Waals surface area contributed by atoms with Crippen molar-refractivity contribution in [3.63, 3.8) is 0 Å². The van der Waals surface area contributed by atoms with Crippen molar-refractivity contribution in [1.82, 2.24) is 5.32 Å². The van der Waals surface area contributed by atoms with Crippen molar-refractivity contribution in [1.29, 1.82) is 0 Å². The fourth-order valence-electron chi connectivity index (χ4n) is 2.55.